The molecular weight excluding hydrogens is 939 g/mol. The maximum absolute atomic E-state index is 14.7. The molecule has 3 saturated heterocycles. The van der Waals surface area contributed by atoms with Crippen LogP contribution in [0, 0.1) is 23.7 Å². The summed E-state index contributed by atoms with van der Waals surface area (Å²) in [6.45, 7) is 16.0. The van der Waals surface area contributed by atoms with Crippen LogP contribution >= 0.6 is 0 Å². The lowest BCUT2D eigenvalue weighted by molar-refractivity contribution is -0.144. The summed E-state index contributed by atoms with van der Waals surface area (Å²) in [5.74, 6) is -7.85. The van der Waals surface area contributed by atoms with E-state index in [1.165, 1.54) is 41.0 Å². The van der Waals surface area contributed by atoms with E-state index in [9.17, 15) is 53.4 Å². The van der Waals surface area contributed by atoms with Gasteiger partial charge in [0.1, 0.15) is 65.9 Å². The van der Waals surface area contributed by atoms with Gasteiger partial charge in [-0.25, -0.2) is 0 Å². The molecule has 5 rings (SSSR count). The molecule has 0 saturated carbocycles. The summed E-state index contributed by atoms with van der Waals surface area (Å²) in [4.78, 5) is 132. The quantitative estimate of drug-likeness (QED) is 0.165. The van der Waals surface area contributed by atoms with Crippen molar-refractivity contribution in [2.75, 3.05) is 13.1 Å². The standard InChI is InChI=1S/C53H77N9O11/c1-10-30(7)43-52(72)61-24-12-14-39(61)48(68)54-32(9)45(65)57-41(28(3)4)50(70)59-44(31(8)11-2)53(73)62-25-13-15-40(62)49(69)56-37(26-33-16-20-35(63)21-17-33)46(66)55-38(27-34-18-22-36(64)23-19-34)47(67)58-42(29(5)6)51(71)60-43/h16-23,28-32,37-44,63-64H,10-15,24-27H2,1-9H3,(H,54,68)(H,55,66)(H,56,69)(H,57,65)(H,58,67)(H,59,70)(H,60,71)/t30-,31-,32+,37+,38+,39+,40+,41+,42+,43+,44+/m1/s1. The van der Waals surface area contributed by atoms with Gasteiger partial charge in [-0.1, -0.05) is 92.5 Å². The monoisotopic (exact) mass is 1020 g/mol. The summed E-state index contributed by atoms with van der Waals surface area (Å²) in [5.41, 5.74) is 1.07. The third-order valence-electron chi connectivity index (χ3n) is 14.5. The smallest absolute Gasteiger partial charge is 0.246 e. The molecular formula is C53H77N9O11. The lowest BCUT2D eigenvalue weighted by atomic mass is 9.95. The van der Waals surface area contributed by atoms with E-state index in [0.717, 1.165) is 0 Å². The van der Waals surface area contributed by atoms with Gasteiger partial charge in [0, 0.05) is 25.9 Å². The zero-order valence-electron chi connectivity index (χ0n) is 43.7. The van der Waals surface area contributed by atoms with Crippen LogP contribution in [0.3, 0.4) is 0 Å². The Labute approximate surface area is 428 Å². The molecule has 0 spiro atoms. The molecule has 0 bridgehead atoms. The average Bonchev–Trinajstić information content (AvgIpc) is 4.07. The van der Waals surface area contributed by atoms with Crippen molar-refractivity contribution in [1.82, 2.24) is 47.0 Å². The summed E-state index contributed by atoms with van der Waals surface area (Å²) < 4.78 is 0. The van der Waals surface area contributed by atoms with Crippen molar-refractivity contribution in [3.63, 3.8) is 0 Å². The molecule has 3 heterocycles. The summed E-state index contributed by atoms with van der Waals surface area (Å²) in [6.07, 6.45) is 2.08. The molecule has 3 aliphatic rings. The number of amides is 9. The second kappa shape index (κ2) is 25.8. The van der Waals surface area contributed by atoms with E-state index in [1.807, 2.05) is 13.8 Å². The molecule has 9 N–H and O–H groups in total. The maximum Gasteiger partial charge on any atom is 0.246 e. The van der Waals surface area contributed by atoms with Crippen molar-refractivity contribution in [3.05, 3.63) is 59.7 Å². The predicted molar refractivity (Wildman–Crippen MR) is 271 cm³/mol. The first-order valence-electron chi connectivity index (χ1n) is 25.8. The Bertz CT molecular complexity index is 2300. The molecule has 2 aromatic carbocycles. The Hall–Kier alpha value is -6.73. The summed E-state index contributed by atoms with van der Waals surface area (Å²) in [7, 11) is 0. The molecule has 3 aliphatic heterocycles. The zero-order valence-corrected chi connectivity index (χ0v) is 43.7. The van der Waals surface area contributed by atoms with E-state index < -0.39 is 131 Å². The maximum atomic E-state index is 14.7. The van der Waals surface area contributed by atoms with Gasteiger partial charge in [0.05, 0.1) is 0 Å². The number of nitrogens with zero attached hydrogens (tertiary/aromatic N) is 2. The molecule has 3 fully saturated rings. The van der Waals surface area contributed by atoms with Crippen molar-refractivity contribution < 1.29 is 53.4 Å². The van der Waals surface area contributed by atoms with Crippen molar-refractivity contribution in [2.45, 2.75) is 168 Å². The first-order valence-corrected chi connectivity index (χ1v) is 25.8. The third kappa shape index (κ3) is 14.7. The topological polar surface area (TPSA) is 285 Å². The fraction of sp³-hybridized carbons (Fsp3) is 0.604. The van der Waals surface area contributed by atoms with Gasteiger partial charge in [-0.2, -0.15) is 0 Å². The molecule has 2 aromatic rings. The van der Waals surface area contributed by atoms with Gasteiger partial charge >= 0.3 is 0 Å². The molecule has 0 radical (unpaired) electrons. The molecule has 400 valence electrons. The van der Waals surface area contributed by atoms with Gasteiger partial charge < -0.3 is 57.2 Å². The SMILES string of the molecule is CC[C@@H](C)[C@@H]1NC(=O)[C@H](C(C)C)NC(=O)[C@H](Cc2ccc(O)cc2)NC(=O)[C@H](Cc2ccc(O)cc2)NC(=O)[C@@H]2CCCN2C(=O)[C@H]([C@H](C)CC)NC(=O)[C@H](C(C)C)NC(=O)[C@H](C)NC(=O)[C@@H]2CCCN2C1=O. The van der Waals surface area contributed by atoms with Crippen molar-refractivity contribution in [1.29, 1.82) is 0 Å². The highest BCUT2D eigenvalue weighted by molar-refractivity contribution is 5.99. The Balaban J connectivity index is 1.59. The Morgan fingerprint density at radius 3 is 1.19 bits per heavy atom. The van der Waals surface area contributed by atoms with Crippen LogP contribution in [0.25, 0.3) is 0 Å². The van der Waals surface area contributed by atoms with Crippen LogP contribution in [0.2, 0.25) is 0 Å². The fourth-order valence-corrected chi connectivity index (χ4v) is 9.49. The van der Waals surface area contributed by atoms with Crippen LogP contribution in [-0.4, -0.2) is 141 Å². The van der Waals surface area contributed by atoms with Crippen molar-refractivity contribution in [3.8, 4) is 11.5 Å². The molecule has 73 heavy (non-hydrogen) atoms. The average molecular weight is 1020 g/mol. The molecule has 20 nitrogen and oxygen atoms in total. The summed E-state index contributed by atoms with van der Waals surface area (Å²) in [6, 6.07) is 1.42. The number of phenolic OH excluding ortho intramolecular Hbond substituents is 2. The number of aromatic hydroxyl groups is 2. The number of fused-ring (bicyclic) bond motifs is 2. The number of hydrogen-bond donors (Lipinski definition) is 9. The van der Waals surface area contributed by atoms with E-state index in [1.54, 1.807) is 65.8 Å². The van der Waals surface area contributed by atoms with Crippen molar-refractivity contribution in [2.24, 2.45) is 23.7 Å². The van der Waals surface area contributed by atoms with Gasteiger partial charge in [-0.15, -0.1) is 0 Å². The molecule has 0 aliphatic carbocycles. The number of carbonyl (C=O) groups is 9. The first-order chi connectivity index (χ1) is 34.5. The normalized spacial score (nSPS) is 27.7. The van der Waals surface area contributed by atoms with Crippen LogP contribution in [-0.2, 0) is 56.0 Å². The van der Waals surface area contributed by atoms with E-state index in [-0.39, 0.29) is 50.3 Å². The van der Waals surface area contributed by atoms with E-state index in [2.05, 4.69) is 37.2 Å². The molecule has 11 atom stereocenters. The van der Waals surface area contributed by atoms with Crippen LogP contribution < -0.4 is 37.2 Å². The number of hydrogen-bond acceptors (Lipinski definition) is 11. The zero-order chi connectivity index (χ0) is 53.8. The lowest BCUT2D eigenvalue weighted by Crippen LogP contribution is -2.62. The molecule has 0 unspecified atom stereocenters. The largest absolute Gasteiger partial charge is 0.508 e. The number of benzene rings is 2. The number of phenols is 2. The lowest BCUT2D eigenvalue weighted by Gasteiger charge is -2.33. The highest BCUT2D eigenvalue weighted by Crippen LogP contribution is 2.25. The molecule has 20 heteroatoms. The van der Waals surface area contributed by atoms with Gasteiger partial charge in [-0.3, -0.25) is 43.2 Å². The highest BCUT2D eigenvalue weighted by atomic mass is 16.3. The van der Waals surface area contributed by atoms with Gasteiger partial charge in [0.15, 0.2) is 0 Å². The number of nitrogens with one attached hydrogen (secondary N) is 7. The van der Waals surface area contributed by atoms with E-state index in [0.29, 0.717) is 36.8 Å². The highest BCUT2D eigenvalue weighted by Gasteiger charge is 2.44. The third-order valence-corrected chi connectivity index (χ3v) is 14.5. The van der Waals surface area contributed by atoms with Crippen LogP contribution in [0.4, 0.5) is 0 Å². The van der Waals surface area contributed by atoms with Crippen LogP contribution in [0.5, 0.6) is 11.5 Å². The number of rotatable bonds is 10. The Morgan fingerprint density at radius 1 is 0.466 bits per heavy atom. The van der Waals surface area contributed by atoms with Gasteiger partial charge in [0.25, 0.3) is 0 Å². The second-order valence-electron chi connectivity index (χ2n) is 20.7. The summed E-state index contributed by atoms with van der Waals surface area (Å²) in [5, 5.41) is 39.8. The van der Waals surface area contributed by atoms with Gasteiger partial charge in [0.2, 0.25) is 53.2 Å². The minimum absolute atomic E-state index is 0.0335. The van der Waals surface area contributed by atoms with Crippen molar-refractivity contribution >= 4 is 53.2 Å². The van der Waals surface area contributed by atoms with E-state index >= 15 is 0 Å². The Kier molecular flexibility index (Phi) is 20.2. The minimum atomic E-state index is -1.37. The summed E-state index contributed by atoms with van der Waals surface area (Å²) >= 11 is 0. The van der Waals surface area contributed by atoms with Gasteiger partial charge in [-0.05, 0) is 91.7 Å². The van der Waals surface area contributed by atoms with Crippen LogP contribution in [0.1, 0.15) is 112 Å². The van der Waals surface area contributed by atoms with Crippen LogP contribution in [0.15, 0.2) is 48.5 Å². The fourth-order valence-electron chi connectivity index (χ4n) is 9.49. The molecule has 0 aromatic heterocycles. The number of carbonyl (C=O) groups excluding carboxylic acids is 9. The van der Waals surface area contributed by atoms with E-state index in [4.69, 9.17) is 0 Å². The minimum Gasteiger partial charge on any atom is -0.508 e. The Morgan fingerprint density at radius 2 is 0.808 bits per heavy atom. The molecule has 9 amide bonds. The predicted octanol–water partition coefficient (Wildman–Crippen LogP) is 1.70. The first kappa shape index (κ1) is 57.2. The second-order valence-corrected chi connectivity index (χ2v) is 20.7.